The van der Waals surface area contributed by atoms with Crippen molar-refractivity contribution in [3.63, 3.8) is 0 Å². The van der Waals surface area contributed by atoms with E-state index in [4.69, 9.17) is 5.73 Å². The lowest BCUT2D eigenvalue weighted by atomic mass is 9.75. The molecular formula is C17H33ClN2O. The second-order valence-electron chi connectivity index (χ2n) is 7.81. The maximum Gasteiger partial charge on any atom is 0.222 e. The van der Waals surface area contributed by atoms with Crippen LogP contribution in [0.25, 0.3) is 0 Å². The number of hydrogen-bond acceptors (Lipinski definition) is 2. The predicted octanol–water partition coefficient (Wildman–Crippen LogP) is 3.74. The molecule has 2 saturated carbocycles. The zero-order valence-corrected chi connectivity index (χ0v) is 14.8. The maximum absolute atomic E-state index is 12.5. The van der Waals surface area contributed by atoms with E-state index in [1.807, 2.05) is 11.9 Å². The van der Waals surface area contributed by atoms with Crippen molar-refractivity contribution in [3.05, 3.63) is 0 Å². The molecule has 2 fully saturated rings. The Kier molecular flexibility index (Phi) is 6.99. The second kappa shape index (κ2) is 7.82. The highest BCUT2D eigenvalue weighted by Gasteiger charge is 2.32. The molecule has 2 rings (SSSR count). The molecule has 1 amide bonds. The SMILES string of the molecule is CN(C(=O)CC1CCCCC1N)C1CCC(C)(C)CC1.Cl. The largest absolute Gasteiger partial charge is 0.343 e. The molecule has 0 aliphatic heterocycles. The third kappa shape index (κ3) is 5.14. The highest BCUT2D eigenvalue weighted by atomic mass is 35.5. The lowest BCUT2D eigenvalue weighted by Crippen LogP contribution is -2.43. The van der Waals surface area contributed by atoms with Crippen LogP contribution in [0.15, 0.2) is 0 Å². The van der Waals surface area contributed by atoms with E-state index in [1.165, 1.54) is 25.7 Å². The van der Waals surface area contributed by atoms with Gasteiger partial charge in [0.15, 0.2) is 0 Å². The maximum atomic E-state index is 12.5. The minimum atomic E-state index is 0. The van der Waals surface area contributed by atoms with Gasteiger partial charge in [-0.25, -0.2) is 0 Å². The van der Waals surface area contributed by atoms with E-state index in [-0.39, 0.29) is 18.4 Å². The summed E-state index contributed by atoms with van der Waals surface area (Å²) in [6.45, 7) is 4.68. The smallest absolute Gasteiger partial charge is 0.222 e. The molecule has 3 nitrogen and oxygen atoms in total. The fourth-order valence-corrected chi connectivity index (χ4v) is 3.83. The molecule has 2 aliphatic carbocycles. The first-order valence-electron chi connectivity index (χ1n) is 8.40. The average Bonchev–Trinajstić information content (AvgIpc) is 2.40. The van der Waals surface area contributed by atoms with E-state index in [0.29, 0.717) is 29.7 Å². The third-order valence-electron chi connectivity index (χ3n) is 5.65. The molecule has 2 N–H and O–H groups in total. The Labute approximate surface area is 136 Å². The molecule has 2 unspecified atom stereocenters. The predicted molar refractivity (Wildman–Crippen MR) is 90.6 cm³/mol. The van der Waals surface area contributed by atoms with Crippen LogP contribution in [0.2, 0.25) is 0 Å². The van der Waals surface area contributed by atoms with Crippen molar-refractivity contribution in [2.24, 2.45) is 17.1 Å². The van der Waals surface area contributed by atoms with Crippen molar-refractivity contribution in [1.82, 2.24) is 4.90 Å². The van der Waals surface area contributed by atoms with Gasteiger partial charge >= 0.3 is 0 Å². The summed E-state index contributed by atoms with van der Waals surface area (Å²) in [6.07, 6.45) is 10.2. The van der Waals surface area contributed by atoms with Gasteiger partial charge in [-0.05, 0) is 49.9 Å². The van der Waals surface area contributed by atoms with Crippen molar-refractivity contribution in [1.29, 1.82) is 0 Å². The monoisotopic (exact) mass is 316 g/mol. The van der Waals surface area contributed by atoms with Gasteiger partial charge in [-0.2, -0.15) is 0 Å². The van der Waals surface area contributed by atoms with Gasteiger partial charge in [0, 0.05) is 25.6 Å². The Bertz CT molecular complexity index is 336. The van der Waals surface area contributed by atoms with Gasteiger partial charge in [-0.3, -0.25) is 4.79 Å². The number of carbonyl (C=O) groups is 1. The van der Waals surface area contributed by atoms with Crippen LogP contribution in [0, 0.1) is 11.3 Å². The van der Waals surface area contributed by atoms with Crippen LogP contribution in [-0.4, -0.2) is 29.9 Å². The van der Waals surface area contributed by atoms with Crippen molar-refractivity contribution in [2.75, 3.05) is 7.05 Å². The van der Waals surface area contributed by atoms with E-state index in [2.05, 4.69) is 13.8 Å². The highest BCUT2D eigenvalue weighted by Crippen LogP contribution is 2.37. The van der Waals surface area contributed by atoms with Crippen LogP contribution in [-0.2, 0) is 4.79 Å². The van der Waals surface area contributed by atoms with Crippen LogP contribution in [0.1, 0.15) is 71.6 Å². The third-order valence-corrected chi connectivity index (χ3v) is 5.65. The van der Waals surface area contributed by atoms with Crippen LogP contribution < -0.4 is 5.73 Å². The number of nitrogens with zero attached hydrogens (tertiary/aromatic N) is 1. The number of halogens is 1. The fraction of sp³-hybridized carbons (Fsp3) is 0.941. The summed E-state index contributed by atoms with van der Waals surface area (Å²) < 4.78 is 0. The minimum absolute atomic E-state index is 0. The van der Waals surface area contributed by atoms with E-state index in [1.54, 1.807) is 0 Å². The van der Waals surface area contributed by atoms with E-state index in [9.17, 15) is 4.79 Å². The van der Waals surface area contributed by atoms with Crippen LogP contribution in [0.5, 0.6) is 0 Å². The van der Waals surface area contributed by atoms with Crippen LogP contribution in [0.4, 0.5) is 0 Å². The minimum Gasteiger partial charge on any atom is -0.343 e. The van der Waals surface area contributed by atoms with E-state index < -0.39 is 0 Å². The molecule has 0 saturated heterocycles. The average molecular weight is 317 g/mol. The highest BCUT2D eigenvalue weighted by molar-refractivity contribution is 5.85. The Morgan fingerprint density at radius 3 is 2.29 bits per heavy atom. The first-order chi connectivity index (χ1) is 9.39. The van der Waals surface area contributed by atoms with E-state index >= 15 is 0 Å². The molecule has 0 aromatic carbocycles. The summed E-state index contributed by atoms with van der Waals surface area (Å²) in [5.74, 6) is 0.732. The van der Waals surface area contributed by atoms with Gasteiger partial charge < -0.3 is 10.6 Å². The Hall–Kier alpha value is -0.280. The lowest BCUT2D eigenvalue weighted by molar-refractivity contribution is -0.134. The number of rotatable bonds is 3. The standard InChI is InChI=1S/C17H32N2O.ClH/c1-17(2)10-8-14(9-11-17)19(3)16(20)12-13-6-4-5-7-15(13)18;/h13-15H,4-12,18H2,1-3H3;1H. The molecule has 0 aromatic heterocycles. The summed E-state index contributed by atoms with van der Waals surface area (Å²) in [5.41, 5.74) is 6.64. The number of amides is 1. The molecule has 0 radical (unpaired) electrons. The lowest BCUT2D eigenvalue weighted by Gasteiger charge is -2.39. The molecule has 0 aromatic rings. The first-order valence-corrected chi connectivity index (χ1v) is 8.40. The second-order valence-corrected chi connectivity index (χ2v) is 7.81. The van der Waals surface area contributed by atoms with Gasteiger partial charge in [0.25, 0.3) is 0 Å². The Morgan fingerprint density at radius 2 is 1.71 bits per heavy atom. The van der Waals surface area contributed by atoms with Crippen molar-refractivity contribution in [2.45, 2.75) is 83.7 Å². The van der Waals surface area contributed by atoms with E-state index in [0.717, 1.165) is 25.7 Å². The zero-order chi connectivity index (χ0) is 14.8. The molecule has 0 bridgehead atoms. The van der Waals surface area contributed by atoms with Gasteiger partial charge in [-0.15, -0.1) is 12.4 Å². The van der Waals surface area contributed by atoms with Crippen molar-refractivity contribution in [3.8, 4) is 0 Å². The number of carbonyl (C=O) groups excluding carboxylic acids is 1. The van der Waals surface area contributed by atoms with Crippen LogP contribution >= 0.6 is 12.4 Å². The summed E-state index contributed by atoms with van der Waals surface area (Å²) in [5, 5.41) is 0. The fourth-order valence-electron chi connectivity index (χ4n) is 3.83. The van der Waals surface area contributed by atoms with Crippen molar-refractivity contribution >= 4 is 18.3 Å². The molecular weight excluding hydrogens is 284 g/mol. The topological polar surface area (TPSA) is 46.3 Å². The van der Waals surface area contributed by atoms with Crippen molar-refractivity contribution < 1.29 is 4.79 Å². The molecule has 2 aliphatic rings. The van der Waals surface area contributed by atoms with Gasteiger partial charge in [-0.1, -0.05) is 26.7 Å². The molecule has 0 spiro atoms. The first kappa shape index (κ1) is 18.8. The Morgan fingerprint density at radius 1 is 1.14 bits per heavy atom. The van der Waals surface area contributed by atoms with Crippen LogP contribution in [0.3, 0.4) is 0 Å². The summed E-state index contributed by atoms with van der Waals surface area (Å²) in [7, 11) is 2.00. The number of hydrogen-bond donors (Lipinski definition) is 1. The summed E-state index contributed by atoms with van der Waals surface area (Å²) in [6, 6.07) is 0.696. The quantitative estimate of drug-likeness (QED) is 0.862. The number of nitrogens with two attached hydrogens (primary N) is 1. The summed E-state index contributed by atoms with van der Waals surface area (Å²) in [4.78, 5) is 14.5. The van der Waals surface area contributed by atoms with Gasteiger partial charge in [0.1, 0.15) is 0 Å². The zero-order valence-electron chi connectivity index (χ0n) is 13.9. The molecule has 21 heavy (non-hydrogen) atoms. The van der Waals surface area contributed by atoms with Gasteiger partial charge in [0.2, 0.25) is 5.91 Å². The molecule has 124 valence electrons. The summed E-state index contributed by atoms with van der Waals surface area (Å²) >= 11 is 0. The molecule has 2 atom stereocenters. The van der Waals surface area contributed by atoms with Gasteiger partial charge in [0.05, 0.1) is 0 Å². The molecule has 4 heteroatoms. The Balaban J connectivity index is 0.00000220. The normalized spacial score (nSPS) is 29.5. The molecule has 0 heterocycles.